The summed E-state index contributed by atoms with van der Waals surface area (Å²) in [5, 5.41) is 4.11. The highest BCUT2D eigenvalue weighted by molar-refractivity contribution is 6.36. The fourth-order valence-electron chi connectivity index (χ4n) is 2.69. The van der Waals surface area contributed by atoms with Crippen molar-refractivity contribution in [2.24, 2.45) is 0 Å². The Morgan fingerprint density at radius 2 is 1.57 bits per heavy atom. The topological polar surface area (TPSA) is 58.6 Å². The summed E-state index contributed by atoms with van der Waals surface area (Å²) in [6, 6.07) is 11.2. The lowest BCUT2D eigenvalue weighted by Crippen LogP contribution is -2.53. The van der Waals surface area contributed by atoms with Crippen LogP contribution < -0.4 is 10.1 Å². The monoisotopic (exact) mass is 470 g/mol. The van der Waals surface area contributed by atoms with Gasteiger partial charge in [0.25, 0.3) is 5.91 Å². The van der Waals surface area contributed by atoms with Crippen molar-refractivity contribution in [1.29, 1.82) is 0 Å². The lowest BCUT2D eigenvalue weighted by molar-refractivity contribution is -0.142. The average Bonchev–Trinajstić information content (AvgIpc) is 2.65. The summed E-state index contributed by atoms with van der Waals surface area (Å²) in [5.41, 5.74) is 0.109. The summed E-state index contributed by atoms with van der Waals surface area (Å²) in [4.78, 5) is 27.2. The van der Waals surface area contributed by atoms with E-state index >= 15 is 0 Å². The van der Waals surface area contributed by atoms with Crippen molar-refractivity contribution in [3.63, 3.8) is 0 Å². The molecule has 2 aromatic rings. The molecule has 2 amide bonds. The van der Waals surface area contributed by atoms with Crippen molar-refractivity contribution in [1.82, 2.24) is 10.2 Å². The molecule has 8 heteroatoms. The largest absolute Gasteiger partial charge is 0.482 e. The Labute approximate surface area is 192 Å². The van der Waals surface area contributed by atoms with E-state index in [1.165, 1.54) is 4.90 Å². The van der Waals surface area contributed by atoms with E-state index in [0.29, 0.717) is 26.4 Å². The number of nitrogens with one attached hydrogen (secondary N) is 1. The second-order valence-electron chi connectivity index (χ2n) is 7.86. The van der Waals surface area contributed by atoms with Gasteiger partial charge in [-0.15, -0.1) is 0 Å². The number of para-hydroxylation sites is 1. The van der Waals surface area contributed by atoms with E-state index in [1.807, 2.05) is 20.8 Å². The third kappa shape index (κ3) is 6.79. The van der Waals surface area contributed by atoms with Crippen molar-refractivity contribution in [3.05, 3.63) is 63.1 Å². The van der Waals surface area contributed by atoms with E-state index in [-0.39, 0.29) is 19.1 Å². The molecule has 0 aromatic heterocycles. The molecule has 0 saturated carbocycles. The Morgan fingerprint density at radius 3 is 2.13 bits per heavy atom. The molecule has 5 nitrogen and oxygen atoms in total. The third-order valence-electron chi connectivity index (χ3n) is 4.24. The molecule has 0 bridgehead atoms. The van der Waals surface area contributed by atoms with Crippen LogP contribution in [0.5, 0.6) is 5.75 Å². The van der Waals surface area contributed by atoms with Gasteiger partial charge in [-0.1, -0.05) is 53.0 Å². The molecule has 0 heterocycles. The van der Waals surface area contributed by atoms with E-state index in [0.717, 1.165) is 0 Å². The van der Waals surface area contributed by atoms with E-state index in [4.69, 9.17) is 39.5 Å². The van der Waals surface area contributed by atoms with E-state index in [1.54, 1.807) is 49.4 Å². The molecule has 0 aliphatic rings. The molecule has 2 rings (SSSR count). The number of ether oxygens (including phenoxy) is 1. The molecule has 0 unspecified atom stereocenters. The van der Waals surface area contributed by atoms with Crippen molar-refractivity contribution in [2.45, 2.75) is 45.8 Å². The van der Waals surface area contributed by atoms with E-state index in [9.17, 15) is 9.59 Å². The van der Waals surface area contributed by atoms with Crippen LogP contribution in [0.1, 0.15) is 33.3 Å². The number of benzene rings is 2. The minimum Gasteiger partial charge on any atom is -0.482 e. The maximum atomic E-state index is 13.1. The average molecular weight is 472 g/mol. The first kappa shape index (κ1) is 24.3. The minimum atomic E-state index is -0.779. The number of rotatable bonds is 7. The Bertz CT molecular complexity index is 892. The van der Waals surface area contributed by atoms with Gasteiger partial charge in [0.05, 0.1) is 5.02 Å². The van der Waals surface area contributed by atoms with E-state index < -0.39 is 17.5 Å². The zero-order valence-electron chi connectivity index (χ0n) is 17.3. The number of carbonyl (C=O) groups is 2. The Morgan fingerprint density at radius 1 is 1.00 bits per heavy atom. The molecule has 0 aliphatic heterocycles. The smallest absolute Gasteiger partial charge is 0.261 e. The van der Waals surface area contributed by atoms with Crippen molar-refractivity contribution >= 4 is 46.6 Å². The number of nitrogens with zero attached hydrogens (tertiary/aromatic N) is 1. The SMILES string of the molecule is C[C@@H](C(=O)NC(C)(C)C)N(Cc1c(Cl)cccc1Cl)C(=O)COc1ccccc1Cl. The third-order valence-corrected chi connectivity index (χ3v) is 5.26. The summed E-state index contributed by atoms with van der Waals surface area (Å²) in [6.45, 7) is 7.03. The first-order chi connectivity index (χ1) is 14.0. The molecule has 1 N–H and O–H groups in total. The molecule has 1 atom stereocenters. The van der Waals surface area contributed by atoms with Crippen LogP contribution in [0, 0.1) is 0 Å². The van der Waals surface area contributed by atoms with Gasteiger partial charge < -0.3 is 15.0 Å². The van der Waals surface area contributed by atoms with Gasteiger partial charge >= 0.3 is 0 Å². The highest BCUT2D eigenvalue weighted by Gasteiger charge is 2.29. The van der Waals surface area contributed by atoms with Crippen LogP contribution in [0.3, 0.4) is 0 Å². The minimum absolute atomic E-state index is 0.0575. The van der Waals surface area contributed by atoms with Crippen LogP contribution in [0.15, 0.2) is 42.5 Å². The maximum Gasteiger partial charge on any atom is 0.261 e. The zero-order chi connectivity index (χ0) is 22.5. The van der Waals surface area contributed by atoms with Gasteiger partial charge in [0, 0.05) is 27.7 Å². The Balaban J connectivity index is 2.26. The van der Waals surface area contributed by atoms with Crippen LogP contribution in [-0.2, 0) is 16.1 Å². The maximum absolute atomic E-state index is 13.1. The van der Waals surface area contributed by atoms with Gasteiger partial charge in [-0.05, 0) is 52.0 Å². The lowest BCUT2D eigenvalue weighted by Gasteiger charge is -2.31. The summed E-state index contributed by atoms with van der Waals surface area (Å²) in [5.74, 6) is -0.311. The fraction of sp³-hybridized carbons (Fsp3) is 0.364. The number of hydrogen-bond donors (Lipinski definition) is 1. The highest BCUT2D eigenvalue weighted by atomic mass is 35.5. The predicted octanol–water partition coefficient (Wildman–Crippen LogP) is 5.36. The van der Waals surface area contributed by atoms with Crippen molar-refractivity contribution < 1.29 is 14.3 Å². The summed E-state index contributed by atoms with van der Waals surface area (Å²) < 4.78 is 5.59. The molecule has 0 fully saturated rings. The molecule has 0 radical (unpaired) electrons. The number of carbonyl (C=O) groups excluding carboxylic acids is 2. The highest BCUT2D eigenvalue weighted by Crippen LogP contribution is 2.27. The second kappa shape index (κ2) is 10.4. The molecule has 0 aliphatic carbocycles. The normalized spacial score (nSPS) is 12.2. The van der Waals surface area contributed by atoms with Crippen molar-refractivity contribution in [3.8, 4) is 5.75 Å². The van der Waals surface area contributed by atoms with Crippen LogP contribution >= 0.6 is 34.8 Å². The van der Waals surface area contributed by atoms with Crippen LogP contribution in [0.25, 0.3) is 0 Å². The van der Waals surface area contributed by atoms with Gasteiger partial charge in [0.15, 0.2) is 6.61 Å². The summed E-state index contributed by atoms with van der Waals surface area (Å²) >= 11 is 18.7. The number of amides is 2. The summed E-state index contributed by atoms with van der Waals surface area (Å²) in [6.07, 6.45) is 0. The van der Waals surface area contributed by atoms with Crippen LogP contribution in [-0.4, -0.2) is 34.9 Å². The fourth-order valence-corrected chi connectivity index (χ4v) is 3.40. The Hall–Kier alpha value is -1.95. The first-order valence-corrected chi connectivity index (χ1v) is 10.5. The lowest BCUT2D eigenvalue weighted by atomic mass is 10.1. The molecular formula is C22H25Cl3N2O3. The van der Waals surface area contributed by atoms with Gasteiger partial charge in [0.2, 0.25) is 5.91 Å². The van der Waals surface area contributed by atoms with Crippen LogP contribution in [0.4, 0.5) is 0 Å². The van der Waals surface area contributed by atoms with Gasteiger partial charge in [0.1, 0.15) is 11.8 Å². The quantitative estimate of drug-likeness (QED) is 0.591. The number of halogens is 3. The Kier molecular flexibility index (Phi) is 8.42. The molecule has 30 heavy (non-hydrogen) atoms. The number of hydrogen-bond acceptors (Lipinski definition) is 3. The zero-order valence-corrected chi connectivity index (χ0v) is 19.6. The molecule has 2 aromatic carbocycles. The molecule has 162 valence electrons. The van der Waals surface area contributed by atoms with Gasteiger partial charge in [-0.2, -0.15) is 0 Å². The molecule has 0 saturated heterocycles. The molecule has 0 spiro atoms. The predicted molar refractivity (Wildman–Crippen MR) is 121 cm³/mol. The summed E-state index contributed by atoms with van der Waals surface area (Å²) in [7, 11) is 0. The van der Waals surface area contributed by atoms with Crippen LogP contribution in [0.2, 0.25) is 15.1 Å². The van der Waals surface area contributed by atoms with Crippen molar-refractivity contribution in [2.75, 3.05) is 6.61 Å². The standard InChI is InChI=1S/C22H25Cl3N2O3/c1-14(21(29)26-22(2,3)4)27(12-15-16(23)9-7-10-17(15)24)20(28)13-30-19-11-6-5-8-18(19)25/h5-11,14H,12-13H2,1-4H3,(H,26,29)/t14-/m0/s1. The van der Waals surface area contributed by atoms with E-state index in [2.05, 4.69) is 5.32 Å². The first-order valence-electron chi connectivity index (χ1n) is 9.41. The van der Waals surface area contributed by atoms with Gasteiger partial charge in [-0.3, -0.25) is 9.59 Å². The second-order valence-corrected chi connectivity index (χ2v) is 9.08. The molecular weight excluding hydrogens is 447 g/mol. The van der Waals surface area contributed by atoms with Gasteiger partial charge in [-0.25, -0.2) is 0 Å².